The van der Waals surface area contributed by atoms with Gasteiger partial charge in [-0.2, -0.15) is 12.7 Å². The molecule has 5 nitrogen and oxygen atoms in total. The van der Waals surface area contributed by atoms with Crippen molar-refractivity contribution in [3.05, 3.63) is 0 Å². The van der Waals surface area contributed by atoms with E-state index in [-0.39, 0.29) is 0 Å². The summed E-state index contributed by atoms with van der Waals surface area (Å²) in [6.45, 7) is 2.33. The summed E-state index contributed by atoms with van der Waals surface area (Å²) < 4.78 is 25.6. The first-order valence-corrected chi connectivity index (χ1v) is 4.99. The Hall–Kier alpha value is -0.710. The third-order valence-electron chi connectivity index (χ3n) is 1.37. The third kappa shape index (κ3) is 3.61. The van der Waals surface area contributed by atoms with E-state index in [0.29, 0.717) is 6.54 Å². The van der Waals surface area contributed by atoms with Gasteiger partial charge in [0.2, 0.25) is 0 Å². The van der Waals surface area contributed by atoms with Crippen LogP contribution in [0.1, 0.15) is 19.8 Å². The molecule has 0 N–H and O–H groups in total. The Morgan fingerprint density at radius 3 is 2.50 bits per heavy atom. The van der Waals surface area contributed by atoms with Crippen LogP contribution in [0.2, 0.25) is 0 Å². The van der Waals surface area contributed by atoms with Crippen molar-refractivity contribution in [3.8, 4) is 0 Å². The van der Waals surface area contributed by atoms with Gasteiger partial charge in [-0.25, -0.2) is 4.79 Å². The molecular formula is C6H12N2O3S. The Labute approximate surface area is 72.3 Å². The maximum absolute atomic E-state index is 10.9. The van der Waals surface area contributed by atoms with Gasteiger partial charge in [-0.05, 0) is 6.42 Å². The van der Waals surface area contributed by atoms with Gasteiger partial charge in [-0.15, -0.1) is 0 Å². The first-order chi connectivity index (χ1) is 5.54. The average Bonchev–Trinajstić information content (AvgIpc) is 2.00. The van der Waals surface area contributed by atoms with E-state index in [1.807, 2.05) is 6.92 Å². The number of nitrogens with zero attached hydrogens (tertiary/aromatic N) is 2. The van der Waals surface area contributed by atoms with E-state index in [2.05, 4.69) is 4.40 Å². The van der Waals surface area contributed by atoms with Crippen molar-refractivity contribution in [2.24, 2.45) is 4.40 Å². The van der Waals surface area contributed by atoms with Gasteiger partial charge in [-0.1, -0.05) is 17.7 Å². The number of hydrogen-bond donors (Lipinski definition) is 0. The molecule has 0 saturated carbocycles. The van der Waals surface area contributed by atoms with Gasteiger partial charge >= 0.3 is 10.2 Å². The number of carbonyl (C=O) groups excluding carboxylic acids is 1. The third-order valence-corrected chi connectivity index (χ3v) is 2.65. The highest BCUT2D eigenvalue weighted by molar-refractivity contribution is 7.87. The van der Waals surface area contributed by atoms with Crippen LogP contribution in [0.4, 0.5) is 0 Å². The van der Waals surface area contributed by atoms with Crippen molar-refractivity contribution in [1.29, 1.82) is 0 Å². The van der Waals surface area contributed by atoms with Gasteiger partial charge in [0.05, 0.1) is 0 Å². The summed E-state index contributed by atoms with van der Waals surface area (Å²) in [5.74, 6) is 0. The zero-order chi connectivity index (χ0) is 9.61. The largest absolute Gasteiger partial charge is 0.332 e. The van der Waals surface area contributed by atoms with Crippen LogP contribution in [0.5, 0.6) is 0 Å². The van der Waals surface area contributed by atoms with E-state index < -0.39 is 10.2 Å². The van der Waals surface area contributed by atoms with Crippen LogP contribution in [0.3, 0.4) is 0 Å². The molecule has 0 aliphatic heterocycles. The standard InChI is InChI=1S/C6H12N2O3S/c1-3-4-5-8(2)12(10,11)7-6-9/h3-5H2,1-2H3. The molecule has 0 heterocycles. The molecule has 0 saturated heterocycles. The van der Waals surface area contributed by atoms with E-state index in [1.54, 1.807) is 0 Å². The molecule has 0 aromatic rings. The predicted octanol–water partition coefficient (Wildman–Crippen LogP) is 0.299. The minimum atomic E-state index is -3.75. The fourth-order valence-electron chi connectivity index (χ4n) is 0.613. The maximum atomic E-state index is 10.9. The van der Waals surface area contributed by atoms with Gasteiger partial charge in [0.15, 0.2) is 0 Å². The molecule has 0 aliphatic rings. The summed E-state index contributed by atoms with van der Waals surface area (Å²) >= 11 is 0. The first-order valence-electron chi connectivity index (χ1n) is 3.60. The molecular weight excluding hydrogens is 180 g/mol. The zero-order valence-electron chi connectivity index (χ0n) is 7.15. The van der Waals surface area contributed by atoms with Crippen LogP contribution in [-0.2, 0) is 15.0 Å². The van der Waals surface area contributed by atoms with Crippen molar-refractivity contribution >= 4 is 16.3 Å². The molecule has 0 aromatic heterocycles. The number of rotatable bonds is 5. The Kier molecular flexibility index (Phi) is 4.73. The molecule has 0 unspecified atom stereocenters. The molecule has 0 rings (SSSR count). The topological polar surface area (TPSA) is 66.8 Å². The van der Waals surface area contributed by atoms with E-state index in [4.69, 9.17) is 0 Å². The quantitative estimate of drug-likeness (QED) is 0.464. The second-order valence-electron chi connectivity index (χ2n) is 2.34. The van der Waals surface area contributed by atoms with Crippen LogP contribution in [0.25, 0.3) is 0 Å². The second kappa shape index (κ2) is 5.03. The molecule has 0 aliphatic carbocycles. The average molecular weight is 192 g/mol. The lowest BCUT2D eigenvalue weighted by atomic mass is 10.3. The molecule has 0 bridgehead atoms. The van der Waals surface area contributed by atoms with Gasteiger partial charge in [0, 0.05) is 13.6 Å². The highest BCUT2D eigenvalue weighted by atomic mass is 32.2. The monoisotopic (exact) mass is 192 g/mol. The Bertz CT molecular complexity index is 267. The van der Waals surface area contributed by atoms with E-state index in [0.717, 1.165) is 23.2 Å². The highest BCUT2D eigenvalue weighted by Gasteiger charge is 2.14. The molecule has 0 aromatic carbocycles. The van der Waals surface area contributed by atoms with Crippen molar-refractivity contribution in [1.82, 2.24) is 4.31 Å². The van der Waals surface area contributed by atoms with E-state index in [1.165, 1.54) is 7.05 Å². The van der Waals surface area contributed by atoms with Crippen LogP contribution in [0, 0.1) is 0 Å². The van der Waals surface area contributed by atoms with Gasteiger partial charge < -0.3 is 0 Å². The Morgan fingerprint density at radius 2 is 2.08 bits per heavy atom. The summed E-state index contributed by atoms with van der Waals surface area (Å²) in [7, 11) is -2.37. The van der Waals surface area contributed by atoms with Gasteiger partial charge in [-0.3, -0.25) is 0 Å². The fraction of sp³-hybridized carbons (Fsp3) is 0.833. The number of unbranched alkanes of at least 4 members (excludes halogenated alkanes) is 1. The van der Waals surface area contributed by atoms with E-state index in [9.17, 15) is 13.2 Å². The van der Waals surface area contributed by atoms with Crippen LogP contribution in [-0.4, -0.2) is 32.4 Å². The number of isocyanates is 1. The predicted molar refractivity (Wildman–Crippen MR) is 44.6 cm³/mol. The van der Waals surface area contributed by atoms with Crippen molar-refractivity contribution in [3.63, 3.8) is 0 Å². The second-order valence-corrected chi connectivity index (χ2v) is 4.04. The van der Waals surface area contributed by atoms with Gasteiger partial charge in [0.1, 0.15) is 0 Å². The maximum Gasteiger partial charge on any atom is 0.332 e. The zero-order valence-corrected chi connectivity index (χ0v) is 7.97. The molecule has 0 atom stereocenters. The molecule has 70 valence electrons. The summed E-state index contributed by atoms with van der Waals surface area (Å²) in [5, 5.41) is 0. The van der Waals surface area contributed by atoms with Crippen LogP contribution >= 0.6 is 0 Å². The smallest absolute Gasteiger partial charge is 0.210 e. The molecule has 6 heteroatoms. The normalized spacial score (nSPS) is 11.2. The molecule has 0 spiro atoms. The van der Waals surface area contributed by atoms with Crippen molar-refractivity contribution in [2.45, 2.75) is 19.8 Å². The Balaban J connectivity index is 4.26. The Morgan fingerprint density at radius 1 is 1.50 bits per heavy atom. The lowest BCUT2D eigenvalue weighted by Gasteiger charge is -2.10. The van der Waals surface area contributed by atoms with Crippen molar-refractivity contribution in [2.75, 3.05) is 13.6 Å². The molecule has 0 radical (unpaired) electrons. The highest BCUT2D eigenvalue weighted by Crippen LogP contribution is 2.00. The molecule has 12 heavy (non-hydrogen) atoms. The van der Waals surface area contributed by atoms with Crippen LogP contribution < -0.4 is 0 Å². The van der Waals surface area contributed by atoms with Crippen molar-refractivity contribution < 1.29 is 13.2 Å². The summed E-state index contributed by atoms with van der Waals surface area (Å²) in [4.78, 5) is 9.70. The summed E-state index contributed by atoms with van der Waals surface area (Å²) in [5.41, 5.74) is 0. The van der Waals surface area contributed by atoms with E-state index >= 15 is 0 Å². The number of hydrogen-bond acceptors (Lipinski definition) is 3. The minimum absolute atomic E-state index is 0.379. The molecule has 0 fully saturated rings. The molecule has 0 amide bonds. The van der Waals surface area contributed by atoms with Gasteiger partial charge in [0.25, 0.3) is 6.08 Å². The van der Waals surface area contributed by atoms with Crippen LogP contribution in [0.15, 0.2) is 4.40 Å². The fourth-order valence-corrected chi connectivity index (χ4v) is 1.21. The SMILES string of the molecule is CCCCN(C)S(=O)(=O)N=C=O. The summed E-state index contributed by atoms with van der Waals surface area (Å²) in [6.07, 6.45) is 2.66. The minimum Gasteiger partial charge on any atom is -0.210 e. The summed E-state index contributed by atoms with van der Waals surface area (Å²) in [6, 6.07) is 0. The lowest BCUT2D eigenvalue weighted by molar-refractivity contribution is 0.460. The lowest BCUT2D eigenvalue weighted by Crippen LogP contribution is -2.25. The first kappa shape index (κ1) is 11.3.